The van der Waals surface area contributed by atoms with E-state index in [9.17, 15) is 13.2 Å². The number of sulfonamides is 1. The van der Waals surface area contributed by atoms with Crippen LogP contribution < -0.4 is 5.32 Å². The van der Waals surface area contributed by atoms with Crippen molar-refractivity contribution in [3.8, 4) is 11.3 Å². The molecular formula is C25H32N4O4S. The van der Waals surface area contributed by atoms with Gasteiger partial charge in [0.2, 0.25) is 15.9 Å². The summed E-state index contributed by atoms with van der Waals surface area (Å²) in [5, 5.41) is 6.94. The summed E-state index contributed by atoms with van der Waals surface area (Å²) in [5.74, 6) is 0.651. The molecule has 8 nitrogen and oxygen atoms in total. The van der Waals surface area contributed by atoms with Gasteiger partial charge < -0.3 is 9.84 Å². The number of aromatic nitrogens is 1. The fourth-order valence-corrected chi connectivity index (χ4v) is 4.75. The van der Waals surface area contributed by atoms with Crippen LogP contribution in [0, 0.1) is 0 Å². The summed E-state index contributed by atoms with van der Waals surface area (Å²) in [5.41, 5.74) is 2.39. The minimum Gasteiger partial charge on any atom is -0.361 e. The van der Waals surface area contributed by atoms with Gasteiger partial charge in [-0.2, -0.15) is 4.31 Å². The zero-order valence-corrected chi connectivity index (χ0v) is 20.9. The number of anilines is 1. The van der Waals surface area contributed by atoms with Crippen LogP contribution in [0.3, 0.4) is 0 Å². The van der Waals surface area contributed by atoms with E-state index in [1.165, 1.54) is 16.4 Å². The third-order valence-corrected chi connectivity index (χ3v) is 7.60. The van der Waals surface area contributed by atoms with E-state index in [4.69, 9.17) is 4.52 Å². The van der Waals surface area contributed by atoms with E-state index in [2.05, 4.69) is 10.5 Å². The van der Waals surface area contributed by atoms with Crippen molar-refractivity contribution in [2.45, 2.75) is 37.6 Å². The van der Waals surface area contributed by atoms with Gasteiger partial charge in [-0.15, -0.1) is 0 Å². The summed E-state index contributed by atoms with van der Waals surface area (Å²) in [6.45, 7) is 4.57. The number of carbonyl (C=O) groups is 1. The molecule has 0 fully saturated rings. The van der Waals surface area contributed by atoms with Crippen molar-refractivity contribution in [3.05, 3.63) is 66.4 Å². The number of aryl methyl sites for hydroxylation is 1. The van der Waals surface area contributed by atoms with Gasteiger partial charge in [-0.3, -0.25) is 9.69 Å². The third-order valence-electron chi connectivity index (χ3n) is 5.55. The van der Waals surface area contributed by atoms with Crippen molar-refractivity contribution in [1.82, 2.24) is 14.4 Å². The summed E-state index contributed by atoms with van der Waals surface area (Å²) in [6.07, 6.45) is 1.55. The van der Waals surface area contributed by atoms with Gasteiger partial charge >= 0.3 is 0 Å². The number of hydrogen-bond acceptors (Lipinski definition) is 6. The second kappa shape index (κ2) is 11.4. The third kappa shape index (κ3) is 6.75. The number of rotatable bonds is 11. The number of nitrogens with zero attached hydrogens (tertiary/aromatic N) is 3. The Morgan fingerprint density at radius 2 is 1.74 bits per heavy atom. The first-order valence-corrected chi connectivity index (χ1v) is 12.7. The number of hydrogen-bond donors (Lipinski definition) is 1. The average Bonchev–Trinajstić information content (AvgIpc) is 3.28. The lowest BCUT2D eigenvalue weighted by molar-refractivity contribution is -0.117. The molecule has 34 heavy (non-hydrogen) atoms. The summed E-state index contributed by atoms with van der Waals surface area (Å²) in [4.78, 5) is 14.5. The van der Waals surface area contributed by atoms with E-state index < -0.39 is 10.0 Å². The van der Waals surface area contributed by atoms with Gasteiger partial charge in [0, 0.05) is 36.8 Å². The smallest absolute Gasteiger partial charge is 0.243 e. The zero-order chi connectivity index (χ0) is 24.7. The van der Waals surface area contributed by atoms with Crippen molar-refractivity contribution in [2.75, 3.05) is 32.5 Å². The van der Waals surface area contributed by atoms with Crippen molar-refractivity contribution in [2.24, 2.45) is 0 Å². The maximum Gasteiger partial charge on any atom is 0.243 e. The quantitative estimate of drug-likeness (QED) is 0.444. The second-order valence-electron chi connectivity index (χ2n) is 8.57. The monoisotopic (exact) mass is 484 g/mol. The molecule has 1 N–H and O–H groups in total. The predicted molar refractivity (Wildman–Crippen MR) is 133 cm³/mol. The first-order valence-electron chi connectivity index (χ1n) is 11.2. The van der Waals surface area contributed by atoms with Gasteiger partial charge in [-0.25, -0.2) is 8.42 Å². The fourth-order valence-electron chi connectivity index (χ4n) is 3.38. The van der Waals surface area contributed by atoms with Crippen molar-refractivity contribution in [1.29, 1.82) is 0 Å². The summed E-state index contributed by atoms with van der Waals surface area (Å²) in [7, 11) is -0.116. The predicted octanol–water partition coefficient (Wildman–Crippen LogP) is 3.87. The molecule has 3 rings (SSSR count). The molecule has 0 aliphatic carbocycles. The highest BCUT2D eigenvalue weighted by molar-refractivity contribution is 7.89. The Balaban J connectivity index is 1.44. The van der Waals surface area contributed by atoms with Crippen molar-refractivity contribution < 1.29 is 17.7 Å². The van der Waals surface area contributed by atoms with Gasteiger partial charge in [-0.05, 0) is 58.1 Å². The molecule has 1 aromatic heterocycles. The van der Waals surface area contributed by atoms with E-state index in [1.54, 1.807) is 19.2 Å². The molecule has 0 saturated carbocycles. The van der Waals surface area contributed by atoms with Crippen LogP contribution in [-0.2, 0) is 21.2 Å². The van der Waals surface area contributed by atoms with E-state index in [1.807, 2.05) is 62.2 Å². The normalized spacial score (nSPS) is 12.0. The van der Waals surface area contributed by atoms with E-state index in [-0.39, 0.29) is 23.4 Å². The Kier molecular flexibility index (Phi) is 8.60. The molecule has 182 valence electrons. The first-order chi connectivity index (χ1) is 16.2. The highest BCUT2D eigenvalue weighted by Crippen LogP contribution is 2.20. The van der Waals surface area contributed by atoms with Crippen LogP contribution in [0.5, 0.6) is 0 Å². The Morgan fingerprint density at radius 1 is 1.06 bits per heavy atom. The molecule has 0 saturated heterocycles. The minimum absolute atomic E-state index is 0.144. The van der Waals surface area contributed by atoms with Crippen LogP contribution in [-0.4, -0.2) is 61.9 Å². The van der Waals surface area contributed by atoms with Gasteiger partial charge in [0.05, 0.1) is 11.4 Å². The molecule has 0 aliphatic rings. The average molecular weight is 485 g/mol. The number of carbonyl (C=O) groups excluding carboxylic acids is 1. The molecule has 0 spiro atoms. The minimum atomic E-state index is -3.55. The molecular weight excluding hydrogens is 452 g/mol. The van der Waals surface area contributed by atoms with Gasteiger partial charge in [0.15, 0.2) is 0 Å². The summed E-state index contributed by atoms with van der Waals surface area (Å²) >= 11 is 0. The SMILES string of the molecule is CC(C)N(C)S(=O)(=O)c1ccc(NC(=O)CN(C)CCCc2cc(-c3ccccc3)no2)cc1. The van der Waals surface area contributed by atoms with Crippen LogP contribution in [0.2, 0.25) is 0 Å². The molecule has 0 aliphatic heterocycles. The van der Waals surface area contributed by atoms with Crippen molar-refractivity contribution >= 4 is 21.6 Å². The Morgan fingerprint density at radius 3 is 2.38 bits per heavy atom. The topological polar surface area (TPSA) is 95.8 Å². The molecule has 1 heterocycles. The lowest BCUT2D eigenvalue weighted by atomic mass is 10.1. The molecule has 0 unspecified atom stereocenters. The number of likely N-dealkylation sites (N-methyl/N-ethyl adjacent to an activating group) is 1. The van der Waals surface area contributed by atoms with Gasteiger partial charge in [-0.1, -0.05) is 35.5 Å². The second-order valence-corrected chi connectivity index (χ2v) is 10.6. The Hall–Kier alpha value is -3.01. The lowest BCUT2D eigenvalue weighted by Crippen LogP contribution is -2.33. The summed E-state index contributed by atoms with van der Waals surface area (Å²) < 4.78 is 31.8. The largest absolute Gasteiger partial charge is 0.361 e. The highest BCUT2D eigenvalue weighted by Gasteiger charge is 2.22. The molecule has 0 radical (unpaired) electrons. The number of amides is 1. The maximum atomic E-state index is 12.6. The first kappa shape index (κ1) is 25.6. The molecule has 1 amide bonds. The van der Waals surface area contributed by atoms with Crippen LogP contribution in [0.15, 0.2) is 70.1 Å². The van der Waals surface area contributed by atoms with Gasteiger partial charge in [0.1, 0.15) is 11.5 Å². The van der Waals surface area contributed by atoms with Crippen LogP contribution >= 0.6 is 0 Å². The van der Waals surface area contributed by atoms with Crippen LogP contribution in [0.25, 0.3) is 11.3 Å². The Bertz CT molecular complexity index is 1180. The molecule has 0 bridgehead atoms. The standard InChI is InChI=1S/C25H32N4O4S/c1-19(2)29(4)34(31,32)23-14-12-21(13-15-23)26-25(30)18-28(3)16-8-11-22-17-24(27-33-22)20-9-6-5-7-10-20/h5-7,9-10,12-15,17,19H,8,11,16,18H2,1-4H3,(H,26,30). The number of nitrogens with one attached hydrogen (secondary N) is 1. The number of benzene rings is 2. The van der Waals surface area contributed by atoms with Gasteiger partial charge in [0.25, 0.3) is 0 Å². The Labute approximate surface area is 201 Å². The summed E-state index contributed by atoms with van der Waals surface area (Å²) in [6, 6.07) is 17.9. The molecule has 9 heteroatoms. The van der Waals surface area contributed by atoms with E-state index >= 15 is 0 Å². The fraction of sp³-hybridized carbons (Fsp3) is 0.360. The lowest BCUT2D eigenvalue weighted by Gasteiger charge is -2.21. The van der Waals surface area contributed by atoms with Crippen LogP contribution in [0.1, 0.15) is 26.0 Å². The zero-order valence-electron chi connectivity index (χ0n) is 20.1. The highest BCUT2D eigenvalue weighted by atomic mass is 32.2. The van der Waals surface area contributed by atoms with E-state index in [0.29, 0.717) is 12.2 Å². The maximum absolute atomic E-state index is 12.6. The molecule has 0 atom stereocenters. The van der Waals surface area contributed by atoms with E-state index in [0.717, 1.165) is 29.9 Å². The molecule has 2 aromatic carbocycles. The van der Waals surface area contributed by atoms with Crippen LogP contribution in [0.4, 0.5) is 5.69 Å². The molecule has 3 aromatic rings. The van der Waals surface area contributed by atoms with Crippen molar-refractivity contribution in [3.63, 3.8) is 0 Å².